The molecule has 10 nitrogen and oxygen atoms in total. The van der Waals surface area contributed by atoms with Gasteiger partial charge in [-0.05, 0) is 84.1 Å². The van der Waals surface area contributed by atoms with Crippen LogP contribution in [0.5, 0.6) is 0 Å². The van der Waals surface area contributed by atoms with Crippen LogP contribution in [0, 0.1) is 17.8 Å². The maximum atomic E-state index is 14.2. The lowest BCUT2D eigenvalue weighted by atomic mass is 9.72. The fourth-order valence-corrected chi connectivity index (χ4v) is 8.40. The highest BCUT2D eigenvalue weighted by atomic mass is 32.2. The lowest BCUT2D eigenvalue weighted by molar-refractivity contribution is -0.134. The minimum Gasteiger partial charge on any atom is -0.390 e. The number of hydrogen-bond donors (Lipinski definition) is 4. The highest BCUT2D eigenvalue weighted by Crippen LogP contribution is 2.39. The van der Waals surface area contributed by atoms with Gasteiger partial charge in [0, 0.05) is 30.8 Å². The number of amides is 3. The van der Waals surface area contributed by atoms with Gasteiger partial charge in [0.05, 0.1) is 22.9 Å². The molecule has 3 amide bonds. The zero-order chi connectivity index (χ0) is 35.3. The summed E-state index contributed by atoms with van der Waals surface area (Å²) in [6, 6.07) is 6.94. The first kappa shape index (κ1) is 38.3. The molecule has 270 valence electrons. The zero-order valence-corrected chi connectivity index (χ0v) is 30.8. The van der Waals surface area contributed by atoms with E-state index in [-0.39, 0.29) is 30.7 Å². The third-order valence-electron chi connectivity index (χ3n) is 11.0. The number of aliphatic hydroxyl groups is 1. The molecule has 0 bridgehead atoms. The second-order valence-corrected chi connectivity index (χ2v) is 18.9. The van der Waals surface area contributed by atoms with Gasteiger partial charge < -0.3 is 21.1 Å². The average Bonchev–Trinajstić information content (AvgIpc) is 3.02. The molecule has 0 radical (unpaired) electrons. The van der Waals surface area contributed by atoms with Crippen LogP contribution in [0.3, 0.4) is 0 Å². The molecule has 4 N–H and O–H groups in total. The molecule has 0 aromatic heterocycles. The summed E-state index contributed by atoms with van der Waals surface area (Å²) in [6.07, 6.45) is 9.86. The number of likely N-dealkylation sites (tertiary alicyclic amines) is 1. The molecule has 11 heteroatoms. The van der Waals surface area contributed by atoms with Crippen molar-refractivity contribution in [1.82, 2.24) is 20.9 Å². The molecular weight excluding hydrogens is 628 g/mol. The molecule has 1 saturated heterocycles. The van der Waals surface area contributed by atoms with Gasteiger partial charge in [-0.15, -0.1) is 0 Å². The highest BCUT2D eigenvalue weighted by molar-refractivity contribution is 7.92. The fourth-order valence-electron chi connectivity index (χ4n) is 7.81. The number of nitrogens with zero attached hydrogens (tertiary/aromatic N) is 1. The van der Waals surface area contributed by atoms with Crippen molar-refractivity contribution >= 4 is 27.6 Å². The lowest BCUT2D eigenvalue weighted by Crippen LogP contribution is -2.64. The third kappa shape index (κ3) is 10.0. The second kappa shape index (κ2) is 16.0. The summed E-state index contributed by atoms with van der Waals surface area (Å²) in [7, 11) is -3.79. The predicted molar refractivity (Wildman–Crippen MR) is 189 cm³/mol. The normalized spacial score (nSPS) is 24.9. The number of carbonyl (C=O) groups excluding carboxylic acids is 3. The van der Waals surface area contributed by atoms with E-state index >= 15 is 0 Å². The van der Waals surface area contributed by atoms with Crippen molar-refractivity contribution in [1.29, 1.82) is 0 Å². The summed E-state index contributed by atoms with van der Waals surface area (Å²) >= 11 is 0. The topological polar surface area (TPSA) is 145 Å². The van der Waals surface area contributed by atoms with Gasteiger partial charge in [-0.3, -0.25) is 19.3 Å². The Morgan fingerprint density at radius 3 is 2.08 bits per heavy atom. The number of β-amino-alcohol motifs (C(OH)–C–C–N with tert-alkyl or cyclic N) is 1. The maximum Gasteiger partial charge on any atom is 0.244 e. The number of piperidine rings is 1. The van der Waals surface area contributed by atoms with E-state index in [4.69, 9.17) is 0 Å². The van der Waals surface area contributed by atoms with Gasteiger partial charge in [0.15, 0.2) is 9.84 Å². The minimum absolute atomic E-state index is 0.0530. The molecule has 48 heavy (non-hydrogen) atoms. The number of rotatable bonds is 12. The first-order valence-corrected chi connectivity index (χ1v) is 19.9. The molecule has 2 aliphatic carbocycles. The molecule has 3 unspecified atom stereocenters. The number of benzene rings is 1. The average molecular weight is 689 g/mol. The first-order chi connectivity index (χ1) is 22.5. The van der Waals surface area contributed by atoms with E-state index in [1.807, 2.05) is 51.1 Å². The van der Waals surface area contributed by atoms with E-state index < -0.39 is 50.3 Å². The van der Waals surface area contributed by atoms with Crippen molar-refractivity contribution in [3.8, 4) is 0 Å². The highest BCUT2D eigenvalue weighted by Gasteiger charge is 2.46. The fraction of sp³-hybridized carbons (Fsp3) is 0.757. The molecule has 6 atom stereocenters. The van der Waals surface area contributed by atoms with Gasteiger partial charge in [0.25, 0.3) is 0 Å². The van der Waals surface area contributed by atoms with Crippen LogP contribution in [0.1, 0.15) is 104 Å². The summed E-state index contributed by atoms with van der Waals surface area (Å²) in [6.45, 7) is 9.66. The number of carbonyl (C=O) groups is 3. The quantitative estimate of drug-likeness (QED) is 0.262. The first-order valence-electron chi connectivity index (χ1n) is 18.0. The number of aliphatic hydroxyl groups excluding tert-OH is 1. The van der Waals surface area contributed by atoms with Crippen molar-refractivity contribution in [2.75, 3.05) is 19.3 Å². The summed E-state index contributed by atoms with van der Waals surface area (Å²) in [5, 5.41) is 20.9. The summed E-state index contributed by atoms with van der Waals surface area (Å²) in [4.78, 5) is 43.3. The minimum atomic E-state index is -3.79. The number of hydrogen-bond acceptors (Lipinski definition) is 7. The zero-order valence-electron chi connectivity index (χ0n) is 30.0. The number of fused-ring (bicyclic) bond motifs is 1. The molecule has 3 aliphatic rings. The van der Waals surface area contributed by atoms with E-state index in [2.05, 4.69) is 20.9 Å². The molecule has 2 saturated carbocycles. The van der Waals surface area contributed by atoms with E-state index in [1.54, 1.807) is 0 Å². The van der Waals surface area contributed by atoms with Crippen molar-refractivity contribution in [3.63, 3.8) is 0 Å². The van der Waals surface area contributed by atoms with E-state index in [9.17, 15) is 27.9 Å². The van der Waals surface area contributed by atoms with Crippen LogP contribution in [0.2, 0.25) is 0 Å². The number of sulfone groups is 1. The van der Waals surface area contributed by atoms with Crippen LogP contribution in [-0.4, -0.2) is 90.0 Å². The van der Waals surface area contributed by atoms with Crippen LogP contribution in [-0.2, 0) is 30.6 Å². The summed E-state index contributed by atoms with van der Waals surface area (Å²) in [5.41, 5.74) is 0.484. The van der Waals surface area contributed by atoms with Crippen LogP contribution in [0.25, 0.3) is 0 Å². The monoisotopic (exact) mass is 688 g/mol. The Morgan fingerprint density at radius 1 is 0.875 bits per heavy atom. The van der Waals surface area contributed by atoms with E-state index in [0.717, 1.165) is 56.8 Å². The molecule has 1 aromatic rings. The van der Waals surface area contributed by atoms with Crippen LogP contribution in [0.4, 0.5) is 0 Å². The lowest BCUT2D eigenvalue weighted by Gasteiger charge is -2.47. The van der Waals surface area contributed by atoms with Crippen molar-refractivity contribution < 1.29 is 27.9 Å². The Balaban J connectivity index is 1.60. The van der Waals surface area contributed by atoms with Gasteiger partial charge in [0.1, 0.15) is 6.04 Å². The molecule has 1 heterocycles. The maximum absolute atomic E-state index is 14.2. The Hall–Kier alpha value is -2.50. The van der Waals surface area contributed by atoms with Crippen molar-refractivity contribution in [2.45, 2.75) is 140 Å². The van der Waals surface area contributed by atoms with Gasteiger partial charge >= 0.3 is 0 Å². The van der Waals surface area contributed by atoms with Crippen LogP contribution < -0.4 is 16.0 Å². The Morgan fingerprint density at radius 2 is 1.48 bits per heavy atom. The Labute approximate surface area is 288 Å². The van der Waals surface area contributed by atoms with Gasteiger partial charge in [-0.1, -0.05) is 68.9 Å². The number of nitrogens with one attached hydrogen (secondary N) is 3. The SMILES string of the molecule is CC(C)(C)NC(=O)C1C[C@@H]2CCCC[C@@H]2CN1CC(O)C(Cc1ccccc1)NC(=O)[C@@H](NC(=O)C1CCCCC1)C(C)(C)S(C)(=O)=O. The Bertz CT molecular complexity index is 1360. The standard InChI is InChI=1S/C37H60N4O6S/c1-36(2,3)40-34(44)30-22-27-19-13-14-20-28(27)23-41(30)24-31(42)29(21-25-15-9-7-10-16-25)38-35(45)32(37(4,5)48(6,46)47)39-33(43)26-17-11-8-12-18-26/h7,9-10,15-16,26-32,42H,8,11-14,17-24H2,1-6H3,(H,38,45)(H,39,43)(H,40,44)/t27-,28+,29?,30?,31?,32+/m0/s1. The molecule has 0 spiro atoms. The molecule has 4 rings (SSSR count). The summed E-state index contributed by atoms with van der Waals surface area (Å²) in [5.74, 6) is -0.370. The van der Waals surface area contributed by atoms with Gasteiger partial charge in [-0.25, -0.2) is 8.42 Å². The smallest absolute Gasteiger partial charge is 0.244 e. The van der Waals surface area contributed by atoms with Gasteiger partial charge in [0.2, 0.25) is 17.7 Å². The van der Waals surface area contributed by atoms with Crippen molar-refractivity contribution in [3.05, 3.63) is 35.9 Å². The Kier molecular flexibility index (Phi) is 12.8. The van der Waals surface area contributed by atoms with Crippen LogP contribution >= 0.6 is 0 Å². The molecule has 3 fully saturated rings. The summed E-state index contributed by atoms with van der Waals surface area (Å²) < 4.78 is 24.4. The van der Waals surface area contributed by atoms with Crippen molar-refractivity contribution in [2.24, 2.45) is 17.8 Å². The van der Waals surface area contributed by atoms with E-state index in [1.165, 1.54) is 20.3 Å². The third-order valence-corrected chi connectivity index (χ3v) is 13.1. The molecule has 1 aliphatic heterocycles. The van der Waals surface area contributed by atoms with Crippen LogP contribution in [0.15, 0.2) is 30.3 Å². The van der Waals surface area contributed by atoms with E-state index in [0.29, 0.717) is 31.2 Å². The molecular formula is C37H60N4O6S. The second-order valence-electron chi connectivity index (χ2n) is 16.3. The van der Waals surface area contributed by atoms with Gasteiger partial charge in [-0.2, -0.15) is 0 Å². The predicted octanol–water partition coefficient (Wildman–Crippen LogP) is 3.76. The largest absolute Gasteiger partial charge is 0.390 e. The molecule has 1 aromatic carbocycles.